The summed E-state index contributed by atoms with van der Waals surface area (Å²) in [6.07, 6.45) is 5.72. The van der Waals surface area contributed by atoms with Gasteiger partial charge < -0.3 is 20.7 Å². The van der Waals surface area contributed by atoms with E-state index in [0.717, 1.165) is 19.5 Å². The Balaban J connectivity index is 1.85. The van der Waals surface area contributed by atoms with Crippen molar-refractivity contribution in [3.63, 3.8) is 0 Å². The highest BCUT2D eigenvalue weighted by Gasteiger charge is 2.44. The Morgan fingerprint density at radius 2 is 2.28 bits per heavy atom. The van der Waals surface area contributed by atoms with Gasteiger partial charge in [0.05, 0.1) is 0 Å². The van der Waals surface area contributed by atoms with Gasteiger partial charge >= 0.3 is 0 Å². The standard InChI is InChI=1S/C13H26N4O/c1-16-7-3-4-11(9-16)17(2)10-13(5-6-13)8-12(14)15-18/h11,18H,3-10H2,1-2H3,(H2,14,15). The lowest BCUT2D eigenvalue weighted by Crippen LogP contribution is -2.47. The average Bonchev–Trinajstić information content (AvgIpc) is 3.08. The first-order valence-corrected chi connectivity index (χ1v) is 6.90. The molecule has 5 nitrogen and oxygen atoms in total. The molecule has 0 radical (unpaired) electrons. The van der Waals surface area contributed by atoms with Crippen LogP contribution in [0.5, 0.6) is 0 Å². The smallest absolute Gasteiger partial charge is 0.139 e. The van der Waals surface area contributed by atoms with Gasteiger partial charge in [0.25, 0.3) is 0 Å². The van der Waals surface area contributed by atoms with Crippen molar-refractivity contribution in [3.05, 3.63) is 0 Å². The molecule has 2 rings (SSSR count). The molecule has 3 N–H and O–H groups in total. The Kier molecular flexibility index (Phi) is 4.12. The van der Waals surface area contributed by atoms with E-state index < -0.39 is 0 Å². The van der Waals surface area contributed by atoms with Crippen LogP contribution in [0, 0.1) is 5.41 Å². The van der Waals surface area contributed by atoms with E-state index in [1.807, 2.05) is 0 Å². The zero-order valence-corrected chi connectivity index (χ0v) is 11.6. The van der Waals surface area contributed by atoms with Crippen LogP contribution in [-0.2, 0) is 0 Å². The Hall–Kier alpha value is -0.810. The van der Waals surface area contributed by atoms with Gasteiger partial charge in [-0.2, -0.15) is 0 Å². The summed E-state index contributed by atoms with van der Waals surface area (Å²) >= 11 is 0. The molecule has 0 bridgehead atoms. The topological polar surface area (TPSA) is 65.1 Å². The molecule has 1 aliphatic carbocycles. The van der Waals surface area contributed by atoms with Gasteiger partial charge in [0, 0.05) is 25.6 Å². The van der Waals surface area contributed by atoms with Crippen molar-refractivity contribution in [2.75, 3.05) is 33.7 Å². The molecule has 1 heterocycles. The number of nitrogens with two attached hydrogens (primary N) is 1. The minimum atomic E-state index is 0.279. The third-order valence-electron chi connectivity index (χ3n) is 4.45. The monoisotopic (exact) mass is 254 g/mol. The normalized spacial score (nSPS) is 28.6. The van der Waals surface area contributed by atoms with Gasteiger partial charge in [-0.05, 0) is 51.7 Å². The van der Waals surface area contributed by atoms with Gasteiger partial charge in [0.15, 0.2) is 0 Å². The minimum Gasteiger partial charge on any atom is -0.409 e. The number of hydrogen-bond donors (Lipinski definition) is 2. The minimum absolute atomic E-state index is 0.279. The third-order valence-corrected chi connectivity index (χ3v) is 4.45. The van der Waals surface area contributed by atoms with E-state index in [0.29, 0.717) is 11.9 Å². The maximum absolute atomic E-state index is 8.69. The highest BCUT2D eigenvalue weighted by Crippen LogP contribution is 2.49. The fraction of sp³-hybridized carbons (Fsp3) is 0.923. The molecule has 1 saturated heterocycles. The number of likely N-dealkylation sites (N-methyl/N-ethyl adjacent to an activating group) is 2. The van der Waals surface area contributed by atoms with Crippen molar-refractivity contribution in [2.45, 2.75) is 38.1 Å². The van der Waals surface area contributed by atoms with E-state index in [1.54, 1.807) is 0 Å². The molecule has 0 amide bonds. The van der Waals surface area contributed by atoms with E-state index >= 15 is 0 Å². The van der Waals surface area contributed by atoms with Crippen molar-refractivity contribution in [2.24, 2.45) is 16.3 Å². The van der Waals surface area contributed by atoms with Crippen molar-refractivity contribution in [1.29, 1.82) is 0 Å². The van der Waals surface area contributed by atoms with E-state index in [1.165, 1.54) is 32.2 Å². The molecule has 1 atom stereocenters. The average molecular weight is 254 g/mol. The van der Waals surface area contributed by atoms with E-state index in [-0.39, 0.29) is 5.41 Å². The van der Waals surface area contributed by atoms with Gasteiger partial charge in [0.1, 0.15) is 5.84 Å². The summed E-state index contributed by atoms with van der Waals surface area (Å²) in [7, 11) is 4.42. The second-order valence-electron chi connectivity index (χ2n) is 6.24. The predicted molar refractivity (Wildman–Crippen MR) is 72.8 cm³/mol. The third kappa shape index (κ3) is 3.36. The van der Waals surface area contributed by atoms with Crippen LogP contribution >= 0.6 is 0 Å². The highest BCUT2D eigenvalue weighted by molar-refractivity contribution is 5.80. The molecule has 1 unspecified atom stereocenters. The van der Waals surface area contributed by atoms with Crippen LogP contribution in [0.1, 0.15) is 32.1 Å². The van der Waals surface area contributed by atoms with E-state index in [9.17, 15) is 0 Å². The zero-order chi connectivity index (χ0) is 13.2. The number of piperidine rings is 1. The summed E-state index contributed by atoms with van der Waals surface area (Å²) in [6, 6.07) is 0.661. The first-order chi connectivity index (χ1) is 8.54. The molecular formula is C13H26N4O. The molecule has 0 aromatic heterocycles. The summed E-state index contributed by atoms with van der Waals surface area (Å²) < 4.78 is 0. The van der Waals surface area contributed by atoms with Crippen molar-refractivity contribution in [1.82, 2.24) is 9.80 Å². The molecule has 104 valence electrons. The first-order valence-electron chi connectivity index (χ1n) is 6.90. The van der Waals surface area contributed by atoms with Gasteiger partial charge in [-0.15, -0.1) is 0 Å². The lowest BCUT2D eigenvalue weighted by Gasteiger charge is -2.37. The van der Waals surface area contributed by atoms with Gasteiger partial charge in [0.2, 0.25) is 0 Å². The number of nitrogens with zero attached hydrogens (tertiary/aromatic N) is 3. The summed E-state index contributed by atoms with van der Waals surface area (Å²) in [5, 5.41) is 11.8. The molecule has 0 aromatic carbocycles. The Morgan fingerprint density at radius 3 is 2.83 bits per heavy atom. The fourth-order valence-electron chi connectivity index (χ4n) is 3.14. The number of hydrogen-bond acceptors (Lipinski definition) is 4. The largest absolute Gasteiger partial charge is 0.409 e. The van der Waals surface area contributed by atoms with Crippen molar-refractivity contribution in [3.8, 4) is 0 Å². The summed E-state index contributed by atoms with van der Waals surface area (Å²) in [6.45, 7) is 3.46. The fourth-order valence-corrected chi connectivity index (χ4v) is 3.14. The second kappa shape index (κ2) is 5.45. The molecule has 2 aliphatic rings. The summed E-state index contributed by atoms with van der Waals surface area (Å²) in [5.41, 5.74) is 5.93. The van der Waals surface area contributed by atoms with Gasteiger partial charge in [-0.1, -0.05) is 5.16 Å². The number of amidine groups is 1. The van der Waals surface area contributed by atoms with Crippen molar-refractivity contribution < 1.29 is 5.21 Å². The molecule has 1 saturated carbocycles. The molecule has 18 heavy (non-hydrogen) atoms. The van der Waals surface area contributed by atoms with Crippen LogP contribution in [-0.4, -0.2) is 60.6 Å². The van der Waals surface area contributed by atoms with Gasteiger partial charge in [-0.3, -0.25) is 0 Å². The Labute approximate surface area is 110 Å². The zero-order valence-electron chi connectivity index (χ0n) is 11.6. The molecular weight excluding hydrogens is 228 g/mol. The lowest BCUT2D eigenvalue weighted by atomic mass is 9.98. The highest BCUT2D eigenvalue weighted by atomic mass is 16.4. The molecule has 2 fully saturated rings. The van der Waals surface area contributed by atoms with Crippen LogP contribution in [0.3, 0.4) is 0 Å². The number of likely N-dealkylation sites (tertiary alicyclic amines) is 1. The molecule has 0 spiro atoms. The molecule has 5 heteroatoms. The maximum Gasteiger partial charge on any atom is 0.139 e. The number of oxime groups is 1. The summed E-state index contributed by atoms with van der Waals surface area (Å²) in [5.74, 6) is 0.377. The Bertz CT molecular complexity index is 314. The Morgan fingerprint density at radius 1 is 1.56 bits per heavy atom. The molecule has 0 aromatic rings. The molecule has 1 aliphatic heterocycles. The van der Waals surface area contributed by atoms with Crippen LogP contribution in [0.25, 0.3) is 0 Å². The predicted octanol–water partition coefficient (Wildman–Crippen LogP) is 0.929. The second-order valence-corrected chi connectivity index (χ2v) is 6.24. The SMILES string of the molecule is CN1CCCC(N(C)CC2(CC(N)=NO)CC2)C1. The van der Waals surface area contributed by atoms with Gasteiger partial charge in [-0.25, -0.2) is 0 Å². The maximum atomic E-state index is 8.69. The quantitative estimate of drug-likeness (QED) is 0.331. The number of rotatable bonds is 5. The van der Waals surface area contributed by atoms with Crippen LogP contribution < -0.4 is 5.73 Å². The van der Waals surface area contributed by atoms with Crippen molar-refractivity contribution >= 4 is 5.84 Å². The van der Waals surface area contributed by atoms with Crippen LogP contribution in [0.4, 0.5) is 0 Å². The van der Waals surface area contributed by atoms with Crippen LogP contribution in [0.15, 0.2) is 5.16 Å². The lowest BCUT2D eigenvalue weighted by molar-refractivity contribution is 0.116. The summed E-state index contributed by atoms with van der Waals surface area (Å²) in [4.78, 5) is 4.89. The van der Waals surface area contributed by atoms with E-state index in [2.05, 4.69) is 29.1 Å². The first kappa shape index (κ1) is 13.6. The van der Waals surface area contributed by atoms with E-state index in [4.69, 9.17) is 10.9 Å². The van der Waals surface area contributed by atoms with Crippen LogP contribution in [0.2, 0.25) is 0 Å².